The topological polar surface area (TPSA) is 75.3 Å². The van der Waals surface area contributed by atoms with Gasteiger partial charge in [0.05, 0.1) is 10.6 Å². The number of benzene rings is 3. The molecule has 1 amide bonds. The summed E-state index contributed by atoms with van der Waals surface area (Å²) in [7, 11) is -3.88. The SMILES string of the molecule is Cc1ccc(NS(=O)(=O)c2cccc(C(=O)Nc3ccccc3F)c2)cc1C. The number of carbonyl (C=O) groups excluding carboxylic acids is 1. The van der Waals surface area contributed by atoms with Crippen LogP contribution in [0.2, 0.25) is 0 Å². The van der Waals surface area contributed by atoms with Crippen molar-refractivity contribution >= 4 is 27.3 Å². The van der Waals surface area contributed by atoms with Crippen molar-refractivity contribution in [3.8, 4) is 0 Å². The fraction of sp³-hybridized carbons (Fsp3) is 0.0952. The van der Waals surface area contributed by atoms with Gasteiger partial charge in [0, 0.05) is 11.3 Å². The third kappa shape index (κ3) is 4.37. The first-order valence-corrected chi connectivity index (χ1v) is 10.0. The van der Waals surface area contributed by atoms with Gasteiger partial charge < -0.3 is 5.32 Å². The molecular formula is C21H19FN2O3S. The summed E-state index contributed by atoms with van der Waals surface area (Å²) in [6, 6.07) is 16.6. The van der Waals surface area contributed by atoms with E-state index in [1.54, 1.807) is 18.2 Å². The number of sulfonamides is 1. The van der Waals surface area contributed by atoms with Gasteiger partial charge in [-0.05, 0) is 67.4 Å². The van der Waals surface area contributed by atoms with Gasteiger partial charge in [-0.3, -0.25) is 9.52 Å². The summed E-state index contributed by atoms with van der Waals surface area (Å²) in [4.78, 5) is 12.3. The molecule has 0 aliphatic rings. The molecule has 3 rings (SSSR count). The molecule has 0 saturated heterocycles. The van der Waals surface area contributed by atoms with Crippen LogP contribution < -0.4 is 10.0 Å². The summed E-state index contributed by atoms with van der Waals surface area (Å²) < 4.78 is 41.6. The van der Waals surface area contributed by atoms with Crippen LogP contribution in [0, 0.1) is 19.7 Å². The lowest BCUT2D eigenvalue weighted by atomic mass is 10.1. The Kier molecular flexibility index (Phi) is 5.46. The Labute approximate surface area is 163 Å². The van der Waals surface area contributed by atoms with E-state index in [4.69, 9.17) is 0 Å². The van der Waals surface area contributed by atoms with Crippen molar-refractivity contribution in [1.82, 2.24) is 0 Å². The standard InChI is InChI=1S/C21H19FN2O3S/c1-14-10-11-17(12-15(14)2)24-28(26,27)18-7-5-6-16(13-18)21(25)23-20-9-4-3-8-19(20)22/h3-13,24H,1-2H3,(H,23,25). The van der Waals surface area contributed by atoms with E-state index in [1.165, 1.54) is 42.5 Å². The number of carbonyl (C=O) groups is 1. The number of halogens is 1. The highest BCUT2D eigenvalue weighted by molar-refractivity contribution is 7.92. The van der Waals surface area contributed by atoms with Crippen LogP contribution in [-0.2, 0) is 10.0 Å². The number of hydrogen-bond acceptors (Lipinski definition) is 3. The molecule has 0 bridgehead atoms. The van der Waals surface area contributed by atoms with Crippen LogP contribution in [0.5, 0.6) is 0 Å². The smallest absolute Gasteiger partial charge is 0.261 e. The molecule has 3 aromatic rings. The van der Waals surface area contributed by atoms with E-state index in [0.29, 0.717) is 5.69 Å². The molecule has 0 fully saturated rings. The Morgan fingerprint density at radius 2 is 1.64 bits per heavy atom. The van der Waals surface area contributed by atoms with E-state index < -0.39 is 21.7 Å². The van der Waals surface area contributed by atoms with Gasteiger partial charge in [-0.25, -0.2) is 12.8 Å². The van der Waals surface area contributed by atoms with Gasteiger partial charge >= 0.3 is 0 Å². The lowest BCUT2D eigenvalue weighted by molar-refractivity contribution is 0.102. The molecule has 0 aliphatic carbocycles. The third-order valence-electron chi connectivity index (χ3n) is 4.29. The highest BCUT2D eigenvalue weighted by atomic mass is 32.2. The Bertz CT molecular complexity index is 1140. The average Bonchev–Trinajstić information content (AvgIpc) is 2.66. The second-order valence-corrected chi connectivity index (χ2v) is 8.05. The Hall–Kier alpha value is -3.19. The van der Waals surface area contributed by atoms with Crippen molar-refractivity contribution in [2.75, 3.05) is 10.0 Å². The van der Waals surface area contributed by atoms with Gasteiger partial charge in [0.15, 0.2) is 0 Å². The molecule has 28 heavy (non-hydrogen) atoms. The van der Waals surface area contributed by atoms with Crippen LogP contribution in [0.15, 0.2) is 71.6 Å². The zero-order valence-corrected chi connectivity index (χ0v) is 16.2. The molecule has 2 N–H and O–H groups in total. The number of hydrogen-bond donors (Lipinski definition) is 2. The van der Waals surface area contributed by atoms with Crippen molar-refractivity contribution < 1.29 is 17.6 Å². The number of nitrogens with one attached hydrogen (secondary N) is 2. The van der Waals surface area contributed by atoms with Gasteiger partial charge in [0.2, 0.25) is 0 Å². The predicted octanol–water partition coefficient (Wildman–Crippen LogP) is 4.50. The van der Waals surface area contributed by atoms with E-state index in [-0.39, 0.29) is 16.1 Å². The zero-order valence-electron chi connectivity index (χ0n) is 15.4. The number of rotatable bonds is 5. The van der Waals surface area contributed by atoms with E-state index >= 15 is 0 Å². The maximum Gasteiger partial charge on any atom is 0.261 e. The summed E-state index contributed by atoms with van der Waals surface area (Å²) in [5.41, 5.74) is 2.57. The lowest BCUT2D eigenvalue weighted by Crippen LogP contribution is -2.16. The van der Waals surface area contributed by atoms with Crippen LogP contribution in [0.3, 0.4) is 0 Å². The fourth-order valence-electron chi connectivity index (χ4n) is 2.58. The third-order valence-corrected chi connectivity index (χ3v) is 5.67. The molecule has 3 aromatic carbocycles. The molecule has 0 radical (unpaired) electrons. The molecule has 5 nitrogen and oxygen atoms in total. The van der Waals surface area contributed by atoms with Crippen LogP contribution in [-0.4, -0.2) is 14.3 Å². The number of para-hydroxylation sites is 1. The highest BCUT2D eigenvalue weighted by Crippen LogP contribution is 2.20. The minimum Gasteiger partial charge on any atom is -0.319 e. The van der Waals surface area contributed by atoms with E-state index in [1.807, 2.05) is 19.9 Å². The molecule has 0 unspecified atom stereocenters. The molecule has 0 heterocycles. The number of anilines is 2. The summed E-state index contributed by atoms with van der Waals surface area (Å²) in [6.07, 6.45) is 0. The predicted molar refractivity (Wildman–Crippen MR) is 108 cm³/mol. The summed E-state index contributed by atoms with van der Waals surface area (Å²) in [6.45, 7) is 3.83. The largest absolute Gasteiger partial charge is 0.319 e. The maximum absolute atomic E-state index is 13.7. The molecule has 7 heteroatoms. The van der Waals surface area contributed by atoms with Gasteiger partial charge in [-0.2, -0.15) is 0 Å². The first kappa shape index (κ1) is 19.6. The normalized spacial score (nSPS) is 11.1. The van der Waals surface area contributed by atoms with Gasteiger partial charge in [-0.15, -0.1) is 0 Å². The van der Waals surface area contributed by atoms with Gasteiger partial charge in [-0.1, -0.05) is 24.3 Å². The summed E-state index contributed by atoms with van der Waals surface area (Å²) in [5, 5.41) is 2.44. The van der Waals surface area contributed by atoms with Crippen molar-refractivity contribution in [2.24, 2.45) is 0 Å². The first-order chi connectivity index (χ1) is 13.3. The first-order valence-electron chi connectivity index (χ1n) is 8.52. The quantitative estimate of drug-likeness (QED) is 0.665. The Balaban J connectivity index is 1.84. The molecule has 0 aliphatic heterocycles. The lowest BCUT2D eigenvalue weighted by Gasteiger charge is -2.11. The fourth-order valence-corrected chi connectivity index (χ4v) is 3.68. The van der Waals surface area contributed by atoms with E-state index in [0.717, 1.165) is 11.1 Å². The summed E-state index contributed by atoms with van der Waals surface area (Å²) >= 11 is 0. The van der Waals surface area contributed by atoms with Gasteiger partial charge in [0.1, 0.15) is 5.82 Å². The number of amides is 1. The molecule has 0 saturated carbocycles. The zero-order chi connectivity index (χ0) is 20.3. The van der Waals surface area contributed by atoms with Crippen LogP contribution in [0.4, 0.5) is 15.8 Å². The molecule has 0 aromatic heterocycles. The average molecular weight is 398 g/mol. The van der Waals surface area contributed by atoms with Crippen molar-refractivity contribution in [3.05, 3.63) is 89.2 Å². The second kappa shape index (κ2) is 7.82. The van der Waals surface area contributed by atoms with Gasteiger partial charge in [0.25, 0.3) is 15.9 Å². The van der Waals surface area contributed by atoms with Crippen LogP contribution in [0.25, 0.3) is 0 Å². The Morgan fingerprint density at radius 3 is 2.36 bits per heavy atom. The molecule has 0 atom stereocenters. The summed E-state index contributed by atoms with van der Waals surface area (Å²) in [5.74, 6) is -1.18. The molecule has 0 spiro atoms. The minimum atomic E-state index is -3.88. The van der Waals surface area contributed by atoms with Crippen LogP contribution >= 0.6 is 0 Å². The van der Waals surface area contributed by atoms with Crippen molar-refractivity contribution in [1.29, 1.82) is 0 Å². The Morgan fingerprint density at radius 1 is 0.893 bits per heavy atom. The minimum absolute atomic E-state index is 0.0222. The molecular weight excluding hydrogens is 379 g/mol. The van der Waals surface area contributed by atoms with Crippen molar-refractivity contribution in [3.63, 3.8) is 0 Å². The monoisotopic (exact) mass is 398 g/mol. The highest BCUT2D eigenvalue weighted by Gasteiger charge is 2.17. The van der Waals surface area contributed by atoms with E-state index in [9.17, 15) is 17.6 Å². The van der Waals surface area contributed by atoms with Crippen molar-refractivity contribution in [2.45, 2.75) is 18.7 Å². The maximum atomic E-state index is 13.7. The number of aryl methyl sites for hydroxylation is 2. The van der Waals surface area contributed by atoms with E-state index in [2.05, 4.69) is 10.0 Å². The second-order valence-electron chi connectivity index (χ2n) is 6.37. The van der Waals surface area contributed by atoms with Crippen LogP contribution in [0.1, 0.15) is 21.5 Å². The molecule has 144 valence electrons.